The van der Waals surface area contributed by atoms with Gasteiger partial charge in [-0.3, -0.25) is 9.59 Å². The van der Waals surface area contributed by atoms with Crippen LogP contribution in [0.15, 0.2) is 54.6 Å². The molecule has 8 heteroatoms. The standard InChI is InChI=1S/C18H21N3O4S/c1-26(24,25)21(12-15-5-3-2-4-6-15)13-18(23)20-16-9-7-14(8-10-16)11-17(19)22/h2-10H,11-13H2,1H3,(H2,19,22)(H,20,23). The van der Waals surface area contributed by atoms with E-state index in [0.29, 0.717) is 5.69 Å². The van der Waals surface area contributed by atoms with E-state index in [1.54, 1.807) is 36.4 Å². The largest absolute Gasteiger partial charge is 0.369 e. The number of nitrogens with zero attached hydrogens (tertiary/aromatic N) is 1. The van der Waals surface area contributed by atoms with Gasteiger partial charge >= 0.3 is 0 Å². The monoisotopic (exact) mass is 375 g/mol. The van der Waals surface area contributed by atoms with Gasteiger partial charge in [-0.25, -0.2) is 8.42 Å². The summed E-state index contributed by atoms with van der Waals surface area (Å²) in [5.74, 6) is -0.888. The van der Waals surface area contributed by atoms with Crippen molar-refractivity contribution in [3.63, 3.8) is 0 Å². The first-order valence-electron chi connectivity index (χ1n) is 7.90. The summed E-state index contributed by atoms with van der Waals surface area (Å²) in [6.45, 7) is -0.179. The molecule has 0 aliphatic heterocycles. The lowest BCUT2D eigenvalue weighted by atomic mass is 10.1. The quantitative estimate of drug-likeness (QED) is 0.720. The normalized spacial score (nSPS) is 11.3. The molecular weight excluding hydrogens is 354 g/mol. The molecule has 0 aromatic heterocycles. The van der Waals surface area contributed by atoms with E-state index in [1.165, 1.54) is 0 Å². The van der Waals surface area contributed by atoms with Gasteiger partial charge in [-0.2, -0.15) is 4.31 Å². The number of carbonyl (C=O) groups is 2. The highest BCUT2D eigenvalue weighted by molar-refractivity contribution is 7.88. The fraction of sp³-hybridized carbons (Fsp3) is 0.222. The van der Waals surface area contributed by atoms with E-state index in [1.807, 2.05) is 18.2 Å². The number of sulfonamides is 1. The van der Waals surface area contributed by atoms with Gasteiger partial charge in [0.2, 0.25) is 21.8 Å². The maximum absolute atomic E-state index is 12.2. The fourth-order valence-corrected chi connectivity index (χ4v) is 3.08. The summed E-state index contributed by atoms with van der Waals surface area (Å²) in [4.78, 5) is 23.1. The molecule has 138 valence electrons. The molecule has 0 aliphatic rings. The second-order valence-electron chi connectivity index (χ2n) is 5.90. The van der Waals surface area contributed by atoms with Crippen LogP contribution < -0.4 is 11.1 Å². The SMILES string of the molecule is CS(=O)(=O)N(CC(=O)Nc1ccc(CC(N)=O)cc1)Cc1ccccc1. The summed E-state index contributed by atoms with van der Waals surface area (Å²) in [6, 6.07) is 15.7. The van der Waals surface area contributed by atoms with Crippen molar-refractivity contribution in [2.45, 2.75) is 13.0 Å². The Balaban J connectivity index is 2.02. The topological polar surface area (TPSA) is 110 Å². The van der Waals surface area contributed by atoms with Crippen LogP contribution in [0.2, 0.25) is 0 Å². The first-order valence-corrected chi connectivity index (χ1v) is 9.75. The first-order chi connectivity index (χ1) is 12.2. The number of hydrogen-bond donors (Lipinski definition) is 2. The molecular formula is C18H21N3O4S. The number of hydrogen-bond acceptors (Lipinski definition) is 4. The molecule has 0 spiro atoms. The molecule has 0 heterocycles. The van der Waals surface area contributed by atoms with Gasteiger partial charge in [-0.15, -0.1) is 0 Å². The van der Waals surface area contributed by atoms with Crippen molar-refractivity contribution in [2.24, 2.45) is 5.73 Å². The molecule has 0 saturated heterocycles. The number of nitrogens with two attached hydrogens (primary N) is 1. The van der Waals surface area contributed by atoms with Crippen molar-refractivity contribution in [2.75, 3.05) is 18.1 Å². The summed E-state index contributed by atoms with van der Waals surface area (Å²) in [7, 11) is -3.55. The van der Waals surface area contributed by atoms with Gasteiger partial charge in [-0.05, 0) is 23.3 Å². The van der Waals surface area contributed by atoms with Crippen LogP contribution in [0.3, 0.4) is 0 Å². The average Bonchev–Trinajstić information content (AvgIpc) is 2.56. The third-order valence-corrected chi connectivity index (χ3v) is 4.80. The smallest absolute Gasteiger partial charge is 0.239 e. The molecule has 26 heavy (non-hydrogen) atoms. The maximum Gasteiger partial charge on any atom is 0.239 e. The number of rotatable bonds is 8. The number of anilines is 1. The van der Waals surface area contributed by atoms with Crippen LogP contribution >= 0.6 is 0 Å². The molecule has 3 N–H and O–H groups in total. The first kappa shape index (κ1) is 19.6. The summed E-state index contributed by atoms with van der Waals surface area (Å²) >= 11 is 0. The van der Waals surface area contributed by atoms with Gasteiger partial charge < -0.3 is 11.1 Å². The molecule has 2 amide bonds. The van der Waals surface area contributed by atoms with Crippen molar-refractivity contribution < 1.29 is 18.0 Å². The predicted octanol–water partition coefficient (Wildman–Crippen LogP) is 1.11. The second-order valence-corrected chi connectivity index (χ2v) is 7.89. The second kappa shape index (κ2) is 8.59. The Labute approximate surface area is 152 Å². The molecule has 0 fully saturated rings. The van der Waals surface area contributed by atoms with E-state index in [4.69, 9.17) is 5.73 Å². The Morgan fingerprint density at radius 2 is 1.62 bits per heavy atom. The van der Waals surface area contributed by atoms with Crippen LogP contribution in [0.4, 0.5) is 5.69 Å². The molecule has 2 rings (SSSR count). The van der Waals surface area contributed by atoms with Crippen LogP contribution in [0.25, 0.3) is 0 Å². The van der Waals surface area contributed by atoms with Crippen LogP contribution in [0.5, 0.6) is 0 Å². The Morgan fingerprint density at radius 3 is 2.15 bits per heavy atom. The number of carbonyl (C=O) groups excluding carboxylic acids is 2. The minimum absolute atomic E-state index is 0.116. The molecule has 0 atom stereocenters. The Hall–Kier alpha value is -2.71. The van der Waals surface area contributed by atoms with E-state index in [2.05, 4.69) is 5.32 Å². The minimum atomic E-state index is -3.55. The zero-order chi connectivity index (χ0) is 19.2. The van der Waals surface area contributed by atoms with Gasteiger partial charge in [0.25, 0.3) is 0 Å². The van der Waals surface area contributed by atoms with Crippen molar-refractivity contribution in [3.8, 4) is 0 Å². The van der Waals surface area contributed by atoms with Gasteiger partial charge in [0.15, 0.2) is 0 Å². The Kier molecular flexibility index (Phi) is 6.48. The van der Waals surface area contributed by atoms with Crippen LogP contribution in [-0.2, 0) is 32.6 Å². The van der Waals surface area contributed by atoms with Crippen molar-refractivity contribution >= 4 is 27.5 Å². The highest BCUT2D eigenvalue weighted by Gasteiger charge is 2.20. The average molecular weight is 375 g/mol. The molecule has 0 bridgehead atoms. The summed E-state index contributed by atoms with van der Waals surface area (Å²) < 4.78 is 25.1. The van der Waals surface area contributed by atoms with Crippen molar-refractivity contribution in [1.29, 1.82) is 0 Å². The van der Waals surface area contributed by atoms with Gasteiger partial charge in [0.1, 0.15) is 0 Å². The molecule has 0 aliphatic carbocycles. The highest BCUT2D eigenvalue weighted by atomic mass is 32.2. The molecule has 0 radical (unpaired) electrons. The van der Waals surface area contributed by atoms with E-state index >= 15 is 0 Å². The lowest BCUT2D eigenvalue weighted by molar-refractivity contribution is -0.117. The zero-order valence-electron chi connectivity index (χ0n) is 14.4. The van der Waals surface area contributed by atoms with E-state index in [9.17, 15) is 18.0 Å². The molecule has 0 saturated carbocycles. The van der Waals surface area contributed by atoms with Gasteiger partial charge in [-0.1, -0.05) is 42.5 Å². The fourth-order valence-electron chi connectivity index (χ4n) is 2.35. The van der Waals surface area contributed by atoms with Gasteiger partial charge in [0, 0.05) is 12.2 Å². The molecule has 0 unspecified atom stereocenters. The Bertz CT molecular complexity index is 865. The highest BCUT2D eigenvalue weighted by Crippen LogP contribution is 2.12. The predicted molar refractivity (Wildman–Crippen MR) is 99.7 cm³/mol. The number of benzene rings is 2. The molecule has 2 aromatic rings. The number of primary amides is 1. The van der Waals surface area contributed by atoms with E-state index in [-0.39, 0.29) is 19.5 Å². The Morgan fingerprint density at radius 1 is 1.00 bits per heavy atom. The lowest BCUT2D eigenvalue weighted by Crippen LogP contribution is -2.36. The summed E-state index contributed by atoms with van der Waals surface area (Å²) in [5, 5.41) is 2.65. The third-order valence-electron chi connectivity index (χ3n) is 3.61. The summed E-state index contributed by atoms with van der Waals surface area (Å²) in [6.07, 6.45) is 1.19. The lowest BCUT2D eigenvalue weighted by Gasteiger charge is -2.19. The number of amides is 2. The maximum atomic E-state index is 12.2. The van der Waals surface area contributed by atoms with E-state index in [0.717, 1.165) is 21.7 Å². The van der Waals surface area contributed by atoms with Crippen LogP contribution in [0, 0.1) is 0 Å². The van der Waals surface area contributed by atoms with Crippen LogP contribution in [-0.4, -0.2) is 37.3 Å². The minimum Gasteiger partial charge on any atom is -0.369 e. The summed E-state index contributed by atoms with van der Waals surface area (Å²) in [5.41, 5.74) is 7.17. The molecule has 7 nitrogen and oxygen atoms in total. The van der Waals surface area contributed by atoms with Gasteiger partial charge in [0.05, 0.1) is 19.2 Å². The van der Waals surface area contributed by atoms with E-state index < -0.39 is 21.8 Å². The third kappa shape index (κ3) is 6.30. The van der Waals surface area contributed by atoms with Crippen LogP contribution in [0.1, 0.15) is 11.1 Å². The molecule has 2 aromatic carbocycles. The van der Waals surface area contributed by atoms with Crippen molar-refractivity contribution in [1.82, 2.24) is 4.31 Å². The van der Waals surface area contributed by atoms with Crippen molar-refractivity contribution in [3.05, 3.63) is 65.7 Å². The number of nitrogens with one attached hydrogen (secondary N) is 1. The zero-order valence-corrected chi connectivity index (χ0v) is 15.2.